The lowest BCUT2D eigenvalue weighted by Crippen LogP contribution is -2.40. The molecule has 2 rings (SSSR count). The predicted octanol–water partition coefficient (Wildman–Crippen LogP) is 3.62. The fourth-order valence-corrected chi connectivity index (χ4v) is 3.08. The number of thiocarbonyl (C=S) groups is 1. The van der Waals surface area contributed by atoms with Crippen LogP contribution in [0.1, 0.15) is 56.2 Å². The van der Waals surface area contributed by atoms with Gasteiger partial charge in [0.1, 0.15) is 0 Å². The molecule has 0 saturated carbocycles. The summed E-state index contributed by atoms with van der Waals surface area (Å²) in [6.45, 7) is 6.64. The first-order valence-corrected chi connectivity index (χ1v) is 7.63. The molecule has 0 aromatic heterocycles. The van der Waals surface area contributed by atoms with Gasteiger partial charge in [0.05, 0.1) is 11.0 Å². The zero-order valence-electron chi connectivity index (χ0n) is 11.9. The first-order valence-electron chi connectivity index (χ1n) is 7.23. The van der Waals surface area contributed by atoms with Gasteiger partial charge in [0.15, 0.2) is 0 Å². The van der Waals surface area contributed by atoms with E-state index < -0.39 is 0 Å². The van der Waals surface area contributed by atoms with Gasteiger partial charge in [0, 0.05) is 0 Å². The van der Waals surface area contributed by atoms with Gasteiger partial charge in [-0.3, -0.25) is 4.90 Å². The first-order chi connectivity index (χ1) is 9.09. The molecular weight excluding hydrogens is 252 g/mol. The number of benzene rings is 1. The Morgan fingerprint density at radius 3 is 2.05 bits per heavy atom. The maximum absolute atomic E-state index is 5.99. The molecule has 0 amide bonds. The van der Waals surface area contributed by atoms with E-state index in [4.69, 9.17) is 18.0 Å². The molecule has 2 nitrogen and oxygen atoms in total. The number of hydrogen-bond donors (Lipinski definition) is 1. The van der Waals surface area contributed by atoms with E-state index in [1.54, 1.807) is 0 Å². The Morgan fingerprint density at radius 2 is 1.58 bits per heavy atom. The average Bonchev–Trinajstić information content (AvgIpc) is 2.40. The van der Waals surface area contributed by atoms with E-state index in [-0.39, 0.29) is 6.04 Å². The van der Waals surface area contributed by atoms with Crippen molar-refractivity contribution in [3.63, 3.8) is 0 Å². The summed E-state index contributed by atoms with van der Waals surface area (Å²) in [7, 11) is 0. The minimum absolute atomic E-state index is 0.108. The van der Waals surface area contributed by atoms with Gasteiger partial charge in [0.25, 0.3) is 0 Å². The predicted molar refractivity (Wildman–Crippen MR) is 85.5 cm³/mol. The molecule has 1 heterocycles. The fraction of sp³-hybridized carbons (Fsp3) is 0.562. The Bertz CT molecular complexity index is 419. The second-order valence-corrected chi connectivity index (χ2v) is 6.19. The van der Waals surface area contributed by atoms with Crippen LogP contribution in [0.5, 0.6) is 0 Å². The fourth-order valence-electron chi connectivity index (χ4n) is 2.79. The molecule has 2 N–H and O–H groups in total. The van der Waals surface area contributed by atoms with Gasteiger partial charge in [-0.15, -0.1) is 0 Å². The highest BCUT2D eigenvalue weighted by Gasteiger charge is 2.24. The number of hydrogen-bond acceptors (Lipinski definition) is 2. The van der Waals surface area contributed by atoms with Gasteiger partial charge < -0.3 is 5.73 Å². The minimum Gasteiger partial charge on any atom is -0.392 e. The lowest BCUT2D eigenvalue weighted by molar-refractivity contribution is 0.203. The SMILES string of the molecule is CC(C)c1ccc(C(C(N)=S)N2CCCCC2)cc1. The second-order valence-electron chi connectivity index (χ2n) is 5.72. The molecule has 3 heteroatoms. The molecule has 1 saturated heterocycles. The molecule has 0 spiro atoms. The third-order valence-electron chi connectivity index (χ3n) is 3.94. The van der Waals surface area contributed by atoms with Crippen molar-refractivity contribution >= 4 is 17.2 Å². The maximum atomic E-state index is 5.99. The van der Waals surface area contributed by atoms with Crippen molar-refractivity contribution in [1.29, 1.82) is 0 Å². The highest BCUT2D eigenvalue weighted by molar-refractivity contribution is 7.80. The van der Waals surface area contributed by atoms with Crippen molar-refractivity contribution < 1.29 is 0 Å². The number of piperidine rings is 1. The molecule has 1 aliphatic heterocycles. The van der Waals surface area contributed by atoms with Crippen LogP contribution in [-0.4, -0.2) is 23.0 Å². The number of rotatable bonds is 4. The minimum atomic E-state index is 0.108. The molecule has 0 aliphatic carbocycles. The van der Waals surface area contributed by atoms with E-state index in [0.29, 0.717) is 10.9 Å². The second kappa shape index (κ2) is 6.49. The molecule has 1 fully saturated rings. The summed E-state index contributed by atoms with van der Waals surface area (Å²) in [6, 6.07) is 8.89. The average molecular weight is 276 g/mol. The summed E-state index contributed by atoms with van der Waals surface area (Å²) in [5.41, 5.74) is 8.59. The third kappa shape index (κ3) is 3.54. The largest absolute Gasteiger partial charge is 0.392 e. The van der Waals surface area contributed by atoms with Crippen molar-refractivity contribution in [1.82, 2.24) is 4.90 Å². The van der Waals surface area contributed by atoms with Crippen molar-refractivity contribution in [3.8, 4) is 0 Å². The molecule has 1 aromatic carbocycles. The molecule has 1 aromatic rings. The van der Waals surface area contributed by atoms with Gasteiger partial charge in [-0.05, 0) is 43.0 Å². The molecule has 1 atom stereocenters. The molecular formula is C16H24N2S. The summed E-state index contributed by atoms with van der Waals surface area (Å²) in [6.07, 6.45) is 3.83. The smallest absolute Gasteiger partial charge is 0.0948 e. The highest BCUT2D eigenvalue weighted by atomic mass is 32.1. The van der Waals surface area contributed by atoms with Crippen molar-refractivity contribution in [3.05, 3.63) is 35.4 Å². The van der Waals surface area contributed by atoms with Crippen LogP contribution in [-0.2, 0) is 0 Å². The number of nitrogens with two attached hydrogens (primary N) is 1. The Balaban J connectivity index is 2.20. The standard InChI is InChI=1S/C16H24N2S/c1-12(2)13-6-8-14(9-7-13)15(16(17)19)18-10-4-3-5-11-18/h6-9,12,15H,3-5,10-11H2,1-2H3,(H2,17,19). The van der Waals surface area contributed by atoms with Crippen LogP contribution >= 0.6 is 12.2 Å². The molecule has 19 heavy (non-hydrogen) atoms. The van der Waals surface area contributed by atoms with Crippen LogP contribution in [0.25, 0.3) is 0 Å². The van der Waals surface area contributed by atoms with Gasteiger partial charge in [-0.25, -0.2) is 0 Å². The molecule has 1 unspecified atom stereocenters. The topological polar surface area (TPSA) is 29.3 Å². The maximum Gasteiger partial charge on any atom is 0.0948 e. The zero-order chi connectivity index (χ0) is 13.8. The molecule has 1 aliphatic rings. The first kappa shape index (κ1) is 14.5. The van der Waals surface area contributed by atoms with Crippen molar-refractivity contribution in [2.24, 2.45) is 5.73 Å². The molecule has 0 bridgehead atoms. The van der Waals surface area contributed by atoms with Crippen LogP contribution < -0.4 is 5.73 Å². The van der Waals surface area contributed by atoms with E-state index in [0.717, 1.165) is 13.1 Å². The summed E-state index contributed by atoms with van der Waals surface area (Å²) < 4.78 is 0. The van der Waals surface area contributed by atoms with E-state index in [2.05, 4.69) is 43.0 Å². The summed E-state index contributed by atoms with van der Waals surface area (Å²) in [5, 5.41) is 0. The Hall–Kier alpha value is -0.930. The van der Waals surface area contributed by atoms with Gasteiger partial charge >= 0.3 is 0 Å². The van der Waals surface area contributed by atoms with Crippen LogP contribution in [0, 0.1) is 0 Å². The number of nitrogens with zero attached hydrogens (tertiary/aromatic N) is 1. The van der Waals surface area contributed by atoms with E-state index in [9.17, 15) is 0 Å². The van der Waals surface area contributed by atoms with Gasteiger partial charge in [-0.2, -0.15) is 0 Å². The van der Waals surface area contributed by atoms with Gasteiger partial charge in [-0.1, -0.05) is 56.8 Å². The van der Waals surface area contributed by atoms with E-state index in [1.165, 1.54) is 30.4 Å². The Kier molecular flexibility index (Phi) is 4.94. The summed E-state index contributed by atoms with van der Waals surface area (Å²) >= 11 is 5.30. The van der Waals surface area contributed by atoms with Crippen LogP contribution in [0.4, 0.5) is 0 Å². The quantitative estimate of drug-likeness (QED) is 0.852. The lowest BCUT2D eigenvalue weighted by atomic mass is 9.97. The van der Waals surface area contributed by atoms with Crippen LogP contribution in [0.15, 0.2) is 24.3 Å². The monoisotopic (exact) mass is 276 g/mol. The summed E-state index contributed by atoms with van der Waals surface area (Å²) in [5.74, 6) is 0.562. The molecule has 0 radical (unpaired) electrons. The van der Waals surface area contributed by atoms with Crippen molar-refractivity contribution in [2.45, 2.75) is 45.1 Å². The Labute approximate surface area is 122 Å². The molecule has 104 valence electrons. The zero-order valence-corrected chi connectivity index (χ0v) is 12.7. The van der Waals surface area contributed by atoms with Gasteiger partial charge in [0.2, 0.25) is 0 Å². The normalized spacial score (nSPS) is 18.5. The highest BCUT2D eigenvalue weighted by Crippen LogP contribution is 2.26. The summed E-state index contributed by atoms with van der Waals surface area (Å²) in [4.78, 5) is 3.02. The lowest BCUT2D eigenvalue weighted by Gasteiger charge is -2.34. The Morgan fingerprint density at radius 1 is 1.05 bits per heavy atom. The van der Waals surface area contributed by atoms with Crippen molar-refractivity contribution in [2.75, 3.05) is 13.1 Å². The van der Waals surface area contributed by atoms with Crippen LogP contribution in [0.3, 0.4) is 0 Å². The third-order valence-corrected chi connectivity index (χ3v) is 4.17. The van der Waals surface area contributed by atoms with E-state index >= 15 is 0 Å². The van der Waals surface area contributed by atoms with Crippen LogP contribution in [0.2, 0.25) is 0 Å². The number of likely N-dealkylation sites (tertiary alicyclic amines) is 1. The van der Waals surface area contributed by atoms with E-state index in [1.807, 2.05) is 0 Å².